The molecule has 2 N–H and O–H groups in total. The number of fused-ring (bicyclic) bond motifs is 1. The highest BCUT2D eigenvalue weighted by atomic mass is 32.1. The Morgan fingerprint density at radius 2 is 1.88 bits per heavy atom. The molecule has 5 heterocycles. The largest absolute Gasteiger partial charge is 0.389 e. The first kappa shape index (κ1) is 26.6. The minimum absolute atomic E-state index is 0.0255. The number of amides is 1. The summed E-state index contributed by atoms with van der Waals surface area (Å²) in [5.74, 6) is 0.225. The average Bonchev–Trinajstić information content (AvgIpc) is 3.54. The molecule has 6 rings (SSSR count). The van der Waals surface area contributed by atoms with Crippen LogP contribution in [0.25, 0.3) is 16.9 Å². The second-order valence-corrected chi connectivity index (χ2v) is 11.1. The zero-order valence-corrected chi connectivity index (χ0v) is 23.0. The van der Waals surface area contributed by atoms with Crippen LogP contribution in [0, 0.1) is 11.6 Å². The molecule has 1 aromatic carbocycles. The van der Waals surface area contributed by atoms with Crippen molar-refractivity contribution < 1.29 is 18.7 Å². The topological polar surface area (TPSA) is 89.2 Å². The summed E-state index contributed by atoms with van der Waals surface area (Å²) in [4.78, 5) is 27.5. The number of carbonyl (C=O) groups is 1. The van der Waals surface area contributed by atoms with Gasteiger partial charge in [0.05, 0.1) is 36.3 Å². The predicted molar refractivity (Wildman–Crippen MR) is 151 cm³/mol. The van der Waals surface area contributed by atoms with Crippen molar-refractivity contribution in [3.05, 3.63) is 64.2 Å². The van der Waals surface area contributed by atoms with Crippen LogP contribution in [0.5, 0.6) is 0 Å². The van der Waals surface area contributed by atoms with Crippen LogP contribution >= 0.6 is 11.3 Å². The number of imidazole rings is 1. The van der Waals surface area contributed by atoms with Crippen molar-refractivity contribution in [2.24, 2.45) is 0 Å². The number of β-amino-alcohol motifs (C(OH)–C–C–N with tert-alkyl or cyclic N) is 1. The van der Waals surface area contributed by atoms with Gasteiger partial charge < -0.3 is 20.2 Å². The van der Waals surface area contributed by atoms with E-state index in [1.54, 1.807) is 23.2 Å². The standard InChI is InChI=1S/C28H31F2N7O2S/c1-2-22-28(31-12-26-33-23(17-40-26)18-3-5-19(29)6-4-18)37-15-24(21(30)11-25(37)32-22)35-9-7-34(8-10-35)16-27(39)36-13-20(38)14-36/h3-6,11,15,17,20,31,38H,2,7-10,12-14,16H2,1H3. The van der Waals surface area contributed by atoms with Gasteiger partial charge in [-0.1, -0.05) is 6.92 Å². The number of nitrogens with one attached hydrogen (secondary N) is 1. The van der Waals surface area contributed by atoms with E-state index in [0.717, 1.165) is 27.8 Å². The van der Waals surface area contributed by atoms with E-state index in [1.165, 1.54) is 29.5 Å². The Hall–Kier alpha value is -3.61. The predicted octanol–water partition coefficient (Wildman–Crippen LogP) is 3.24. The fourth-order valence-corrected chi connectivity index (χ4v) is 5.91. The van der Waals surface area contributed by atoms with Crippen molar-refractivity contribution in [3.63, 3.8) is 0 Å². The summed E-state index contributed by atoms with van der Waals surface area (Å²) in [6.07, 6.45) is 2.07. The van der Waals surface area contributed by atoms with Crippen LogP contribution in [0.15, 0.2) is 41.9 Å². The number of benzene rings is 1. The lowest BCUT2D eigenvalue weighted by Gasteiger charge is -2.39. The van der Waals surface area contributed by atoms with Crippen molar-refractivity contribution in [1.29, 1.82) is 0 Å². The SMILES string of the molecule is CCc1nc2cc(F)c(N3CCN(CC(=O)N4CC(O)C4)CC3)cn2c1NCc1nc(-c2ccc(F)cc2)cs1. The van der Waals surface area contributed by atoms with Gasteiger partial charge in [0.15, 0.2) is 5.82 Å². The second kappa shape index (κ2) is 11.1. The number of halogens is 2. The third-order valence-corrected chi connectivity index (χ3v) is 8.33. The Labute approximate surface area is 234 Å². The first-order valence-corrected chi connectivity index (χ1v) is 14.3. The smallest absolute Gasteiger partial charge is 0.236 e. The van der Waals surface area contributed by atoms with Crippen molar-refractivity contribution in [1.82, 2.24) is 24.2 Å². The number of rotatable bonds is 8. The van der Waals surface area contributed by atoms with Crippen molar-refractivity contribution in [2.75, 3.05) is 56.0 Å². The lowest BCUT2D eigenvalue weighted by atomic mass is 10.1. The maximum Gasteiger partial charge on any atom is 0.236 e. The molecule has 0 bridgehead atoms. The van der Waals surface area contributed by atoms with E-state index < -0.39 is 6.10 Å². The molecule has 210 valence electrons. The molecule has 0 atom stereocenters. The number of hydrogen-bond acceptors (Lipinski definition) is 8. The van der Waals surface area contributed by atoms with Gasteiger partial charge in [-0.15, -0.1) is 11.3 Å². The van der Waals surface area contributed by atoms with Gasteiger partial charge in [0.2, 0.25) is 5.91 Å². The first-order valence-electron chi connectivity index (χ1n) is 13.5. The van der Waals surface area contributed by atoms with E-state index in [0.29, 0.717) is 70.1 Å². The van der Waals surface area contributed by atoms with E-state index in [4.69, 9.17) is 4.98 Å². The number of anilines is 2. The van der Waals surface area contributed by atoms with E-state index in [9.17, 15) is 14.3 Å². The van der Waals surface area contributed by atoms with Crippen molar-refractivity contribution in [3.8, 4) is 11.3 Å². The summed E-state index contributed by atoms with van der Waals surface area (Å²) in [5, 5.41) is 15.7. The maximum absolute atomic E-state index is 15.2. The second-order valence-electron chi connectivity index (χ2n) is 10.2. The molecule has 1 amide bonds. The number of aromatic nitrogens is 3. The van der Waals surface area contributed by atoms with E-state index in [2.05, 4.69) is 15.2 Å². The number of thiazole rings is 1. The Morgan fingerprint density at radius 3 is 2.58 bits per heavy atom. The molecule has 2 fully saturated rings. The number of piperazine rings is 1. The maximum atomic E-state index is 15.2. The number of aliphatic hydroxyl groups excluding tert-OH is 1. The molecule has 0 saturated carbocycles. The van der Waals surface area contributed by atoms with Gasteiger partial charge in [-0.2, -0.15) is 0 Å². The quantitative estimate of drug-likeness (QED) is 0.338. The molecule has 0 radical (unpaired) electrons. The van der Waals surface area contributed by atoms with Gasteiger partial charge in [-0.25, -0.2) is 18.7 Å². The number of aryl methyl sites for hydroxylation is 1. The molecule has 0 unspecified atom stereocenters. The first-order chi connectivity index (χ1) is 19.4. The van der Waals surface area contributed by atoms with Gasteiger partial charge in [0.1, 0.15) is 22.3 Å². The summed E-state index contributed by atoms with van der Waals surface area (Å²) in [5.41, 5.74) is 3.53. The van der Waals surface area contributed by atoms with Gasteiger partial charge in [-0.3, -0.25) is 14.1 Å². The Morgan fingerprint density at radius 1 is 1.12 bits per heavy atom. The summed E-state index contributed by atoms with van der Waals surface area (Å²) in [6.45, 7) is 6.11. The third kappa shape index (κ3) is 5.38. The minimum Gasteiger partial charge on any atom is -0.389 e. The molecule has 4 aromatic rings. The molecule has 0 spiro atoms. The van der Waals surface area contributed by atoms with Crippen molar-refractivity contribution >= 4 is 34.4 Å². The van der Waals surface area contributed by atoms with Gasteiger partial charge >= 0.3 is 0 Å². The number of nitrogens with zero attached hydrogens (tertiary/aromatic N) is 6. The molecule has 2 saturated heterocycles. The lowest BCUT2D eigenvalue weighted by molar-refractivity contribution is -0.142. The third-order valence-electron chi connectivity index (χ3n) is 7.48. The molecular formula is C28H31F2N7O2S. The summed E-state index contributed by atoms with van der Waals surface area (Å²) in [6, 6.07) is 7.75. The van der Waals surface area contributed by atoms with E-state index in [1.807, 2.05) is 21.6 Å². The Balaban J connectivity index is 1.15. The van der Waals surface area contributed by atoms with Crippen LogP contribution in [0.3, 0.4) is 0 Å². The number of hydrogen-bond donors (Lipinski definition) is 2. The van der Waals surface area contributed by atoms with Crippen LogP contribution in [0.1, 0.15) is 17.6 Å². The van der Waals surface area contributed by atoms with Gasteiger partial charge in [-0.05, 0) is 30.7 Å². The summed E-state index contributed by atoms with van der Waals surface area (Å²) in [7, 11) is 0. The number of aliphatic hydroxyl groups is 1. The average molecular weight is 568 g/mol. The number of likely N-dealkylation sites (tertiary alicyclic amines) is 1. The fraction of sp³-hybridized carbons (Fsp3) is 0.393. The number of carbonyl (C=O) groups excluding carboxylic acids is 1. The molecule has 40 heavy (non-hydrogen) atoms. The minimum atomic E-state index is -0.407. The van der Waals surface area contributed by atoms with Crippen LogP contribution < -0.4 is 10.2 Å². The highest BCUT2D eigenvalue weighted by molar-refractivity contribution is 7.10. The molecule has 2 aliphatic rings. The van der Waals surface area contributed by atoms with E-state index in [-0.39, 0.29) is 17.5 Å². The molecule has 12 heteroatoms. The van der Waals surface area contributed by atoms with E-state index >= 15 is 4.39 Å². The zero-order valence-electron chi connectivity index (χ0n) is 22.2. The molecule has 2 aliphatic heterocycles. The molecule has 3 aromatic heterocycles. The number of pyridine rings is 1. The highest BCUT2D eigenvalue weighted by Crippen LogP contribution is 2.28. The Kier molecular flexibility index (Phi) is 7.39. The monoisotopic (exact) mass is 567 g/mol. The highest BCUT2D eigenvalue weighted by Gasteiger charge is 2.30. The van der Waals surface area contributed by atoms with Gasteiger partial charge in [0.25, 0.3) is 0 Å². The summed E-state index contributed by atoms with van der Waals surface area (Å²) >= 11 is 1.52. The normalized spacial score (nSPS) is 16.5. The fourth-order valence-electron chi connectivity index (χ4n) is 5.17. The Bertz CT molecular complexity index is 1510. The molecule has 9 nitrogen and oxygen atoms in total. The van der Waals surface area contributed by atoms with Crippen molar-refractivity contribution in [2.45, 2.75) is 26.0 Å². The van der Waals surface area contributed by atoms with Crippen LogP contribution in [-0.2, 0) is 17.8 Å². The summed E-state index contributed by atoms with van der Waals surface area (Å²) < 4.78 is 30.4. The lowest BCUT2D eigenvalue weighted by Crippen LogP contribution is -2.57. The zero-order chi connectivity index (χ0) is 27.8. The molecular weight excluding hydrogens is 536 g/mol. The molecule has 0 aliphatic carbocycles. The van der Waals surface area contributed by atoms with Crippen LogP contribution in [0.2, 0.25) is 0 Å². The van der Waals surface area contributed by atoms with Crippen LogP contribution in [0.4, 0.5) is 20.3 Å². The van der Waals surface area contributed by atoms with Crippen LogP contribution in [-0.4, -0.2) is 87.1 Å². The van der Waals surface area contributed by atoms with Gasteiger partial charge in [0, 0.05) is 62.5 Å².